The van der Waals surface area contributed by atoms with Crippen molar-refractivity contribution in [1.82, 2.24) is 4.98 Å². The molecule has 0 unspecified atom stereocenters. The molecule has 4 rings (SSSR count). The average molecular weight is 412 g/mol. The molecule has 0 fully saturated rings. The van der Waals surface area contributed by atoms with Crippen LogP contribution in [0, 0.1) is 0 Å². The van der Waals surface area contributed by atoms with E-state index < -0.39 is 9.84 Å². The Morgan fingerprint density at radius 2 is 1.68 bits per heavy atom. The van der Waals surface area contributed by atoms with E-state index in [-0.39, 0.29) is 21.0 Å². The number of halogens is 1. The number of nitrogens with zero attached hydrogens (tertiary/aromatic N) is 1. The van der Waals surface area contributed by atoms with Crippen molar-refractivity contribution >= 4 is 32.4 Å². The molecule has 0 atom stereocenters. The van der Waals surface area contributed by atoms with Crippen LogP contribution >= 0.6 is 11.6 Å². The Bertz CT molecular complexity index is 1360. The summed E-state index contributed by atoms with van der Waals surface area (Å²) in [5, 5.41) is 0.605. The first-order valence-corrected chi connectivity index (χ1v) is 10.6. The molecule has 0 aliphatic carbocycles. The zero-order valence-corrected chi connectivity index (χ0v) is 16.3. The normalized spacial score (nSPS) is 11.6. The highest BCUT2D eigenvalue weighted by atomic mass is 35.5. The van der Waals surface area contributed by atoms with E-state index in [4.69, 9.17) is 16.0 Å². The highest BCUT2D eigenvalue weighted by Gasteiger charge is 2.20. The van der Waals surface area contributed by atoms with Crippen molar-refractivity contribution in [2.75, 3.05) is 6.26 Å². The maximum absolute atomic E-state index is 13.3. The average Bonchev–Trinajstić information content (AvgIpc) is 2.68. The fraction of sp³-hybridized carbons (Fsp3) is 0.0476. The summed E-state index contributed by atoms with van der Waals surface area (Å²) in [4.78, 5) is 17.5. The fourth-order valence-electron chi connectivity index (χ4n) is 3.02. The van der Waals surface area contributed by atoms with Crippen LogP contribution in [0.3, 0.4) is 0 Å². The number of para-hydroxylation sites is 1. The van der Waals surface area contributed by atoms with Gasteiger partial charge in [-0.25, -0.2) is 13.4 Å². The zero-order valence-electron chi connectivity index (χ0n) is 14.7. The molecule has 28 heavy (non-hydrogen) atoms. The lowest BCUT2D eigenvalue weighted by Crippen LogP contribution is -2.08. The van der Waals surface area contributed by atoms with Crippen molar-refractivity contribution in [3.63, 3.8) is 0 Å². The lowest BCUT2D eigenvalue weighted by atomic mass is 9.99. The summed E-state index contributed by atoms with van der Waals surface area (Å²) in [5.74, 6) is 0.304. The highest BCUT2D eigenvalue weighted by Crippen LogP contribution is 2.35. The fourth-order valence-corrected chi connectivity index (χ4v) is 3.86. The molecule has 0 aliphatic rings. The molecule has 2 aromatic carbocycles. The molecule has 0 N–H and O–H groups in total. The van der Waals surface area contributed by atoms with E-state index in [1.54, 1.807) is 48.5 Å². The smallest absolute Gasteiger partial charge is 0.201 e. The van der Waals surface area contributed by atoms with Gasteiger partial charge in [-0.05, 0) is 48.5 Å². The third-order valence-corrected chi connectivity index (χ3v) is 5.80. The minimum absolute atomic E-state index is 0.180. The third-order valence-electron chi connectivity index (χ3n) is 4.37. The second-order valence-electron chi connectivity index (χ2n) is 6.27. The minimum Gasteiger partial charge on any atom is -0.455 e. The maximum Gasteiger partial charge on any atom is 0.201 e. The van der Waals surface area contributed by atoms with E-state index in [0.29, 0.717) is 27.9 Å². The monoisotopic (exact) mass is 411 g/mol. The van der Waals surface area contributed by atoms with Gasteiger partial charge >= 0.3 is 0 Å². The van der Waals surface area contributed by atoms with Crippen molar-refractivity contribution in [2.24, 2.45) is 0 Å². The quantitative estimate of drug-likeness (QED) is 0.461. The topological polar surface area (TPSA) is 77.2 Å². The van der Waals surface area contributed by atoms with Crippen LogP contribution in [-0.2, 0) is 9.84 Å². The number of fused-ring (bicyclic) bond motifs is 1. The van der Waals surface area contributed by atoms with E-state index in [2.05, 4.69) is 4.98 Å². The molecule has 0 spiro atoms. The van der Waals surface area contributed by atoms with Crippen LogP contribution in [0.1, 0.15) is 0 Å². The number of hydrogen-bond donors (Lipinski definition) is 0. The molecule has 0 aliphatic heterocycles. The summed E-state index contributed by atoms with van der Waals surface area (Å²) < 4.78 is 29.5. The van der Waals surface area contributed by atoms with Gasteiger partial charge in [0.05, 0.1) is 15.8 Å². The van der Waals surface area contributed by atoms with Crippen LogP contribution in [0.15, 0.2) is 81.0 Å². The van der Waals surface area contributed by atoms with Gasteiger partial charge in [-0.1, -0.05) is 23.7 Å². The first kappa shape index (κ1) is 18.4. The predicted molar refractivity (Wildman–Crippen MR) is 109 cm³/mol. The summed E-state index contributed by atoms with van der Waals surface area (Å²) in [6, 6.07) is 16.5. The van der Waals surface area contributed by atoms with Crippen molar-refractivity contribution < 1.29 is 12.8 Å². The minimum atomic E-state index is -3.34. The van der Waals surface area contributed by atoms with Gasteiger partial charge in [0.1, 0.15) is 16.5 Å². The number of sulfone groups is 1. The highest BCUT2D eigenvalue weighted by molar-refractivity contribution is 7.90. The largest absolute Gasteiger partial charge is 0.455 e. The second-order valence-corrected chi connectivity index (χ2v) is 8.64. The van der Waals surface area contributed by atoms with E-state index in [1.165, 1.54) is 18.3 Å². The van der Waals surface area contributed by atoms with Gasteiger partial charge in [-0.3, -0.25) is 4.79 Å². The Balaban J connectivity index is 2.06. The van der Waals surface area contributed by atoms with Crippen molar-refractivity contribution in [1.29, 1.82) is 0 Å². The summed E-state index contributed by atoms with van der Waals surface area (Å²) in [5.41, 5.74) is 1.48. The molecule has 0 amide bonds. The molecular formula is C21H14ClNO4S. The van der Waals surface area contributed by atoms with Crippen LogP contribution in [0.2, 0.25) is 5.15 Å². The predicted octanol–water partition coefficient (Wildman–Crippen LogP) is 4.58. The number of benzene rings is 2. The molecule has 0 bridgehead atoms. The van der Waals surface area contributed by atoms with Gasteiger partial charge < -0.3 is 4.42 Å². The maximum atomic E-state index is 13.3. The van der Waals surface area contributed by atoms with Gasteiger partial charge in [0.25, 0.3) is 0 Å². The molecule has 140 valence electrons. The Labute approximate surface area is 166 Å². The number of aromatic nitrogens is 1. The Morgan fingerprint density at radius 3 is 2.36 bits per heavy atom. The van der Waals surface area contributed by atoms with Gasteiger partial charge in [-0.2, -0.15) is 0 Å². The SMILES string of the molecule is CS(=O)(=O)c1ccc(-c2oc3ccccc3c(=O)c2-c2cccnc2Cl)cc1. The Hall–Kier alpha value is -2.96. The van der Waals surface area contributed by atoms with E-state index in [0.717, 1.165) is 6.26 Å². The summed E-state index contributed by atoms with van der Waals surface area (Å²) >= 11 is 6.26. The molecule has 2 aromatic heterocycles. The first-order valence-electron chi connectivity index (χ1n) is 8.33. The van der Waals surface area contributed by atoms with E-state index in [9.17, 15) is 13.2 Å². The van der Waals surface area contributed by atoms with Gasteiger partial charge in [0.15, 0.2) is 9.84 Å². The molecule has 0 saturated carbocycles. The Morgan fingerprint density at radius 1 is 0.964 bits per heavy atom. The molecule has 5 nitrogen and oxygen atoms in total. The number of rotatable bonds is 3. The third kappa shape index (κ3) is 3.21. The van der Waals surface area contributed by atoms with E-state index in [1.807, 2.05) is 0 Å². The molecule has 7 heteroatoms. The van der Waals surface area contributed by atoms with Gasteiger partial charge in [0, 0.05) is 23.6 Å². The van der Waals surface area contributed by atoms with Gasteiger partial charge in [-0.15, -0.1) is 0 Å². The van der Waals surface area contributed by atoms with Crippen LogP contribution in [-0.4, -0.2) is 19.7 Å². The zero-order chi connectivity index (χ0) is 19.9. The lowest BCUT2D eigenvalue weighted by molar-refractivity contribution is 0.601. The van der Waals surface area contributed by atoms with Crippen LogP contribution in [0.5, 0.6) is 0 Å². The summed E-state index contributed by atoms with van der Waals surface area (Å²) in [6.07, 6.45) is 2.67. The standard InChI is InChI=1S/C21H14ClNO4S/c1-28(25,26)14-10-8-13(9-11-14)20-18(16-6-4-12-23-21(16)22)19(24)15-5-2-3-7-17(15)27-20/h2-12H,1H3. The van der Waals surface area contributed by atoms with Crippen molar-refractivity contribution in [2.45, 2.75) is 4.90 Å². The Kier molecular flexibility index (Phi) is 4.53. The molecule has 0 saturated heterocycles. The molecule has 0 radical (unpaired) electrons. The second kappa shape index (κ2) is 6.89. The van der Waals surface area contributed by atoms with Gasteiger partial charge in [0.2, 0.25) is 5.43 Å². The molecule has 4 aromatic rings. The summed E-state index contributed by atoms with van der Waals surface area (Å²) in [6.45, 7) is 0. The van der Waals surface area contributed by atoms with Crippen molar-refractivity contribution in [3.8, 4) is 22.5 Å². The number of pyridine rings is 1. The molecular weight excluding hydrogens is 398 g/mol. The first-order chi connectivity index (χ1) is 13.4. The van der Waals surface area contributed by atoms with E-state index >= 15 is 0 Å². The summed E-state index contributed by atoms with van der Waals surface area (Å²) in [7, 11) is -3.34. The van der Waals surface area contributed by atoms with Crippen LogP contribution in [0.4, 0.5) is 0 Å². The lowest BCUT2D eigenvalue weighted by Gasteiger charge is -2.11. The van der Waals surface area contributed by atoms with Crippen LogP contribution in [0.25, 0.3) is 33.4 Å². The molecule has 2 heterocycles. The number of hydrogen-bond acceptors (Lipinski definition) is 5. The van der Waals surface area contributed by atoms with Crippen molar-refractivity contribution in [3.05, 3.63) is 82.2 Å². The van der Waals surface area contributed by atoms with Crippen LogP contribution < -0.4 is 5.43 Å².